The lowest BCUT2D eigenvalue weighted by molar-refractivity contribution is 1.31. The van der Waals surface area contributed by atoms with Crippen LogP contribution in [0.4, 0.5) is 5.69 Å². The second-order valence-corrected chi connectivity index (χ2v) is 3.56. The van der Waals surface area contributed by atoms with Gasteiger partial charge in [0.15, 0.2) is 0 Å². The summed E-state index contributed by atoms with van der Waals surface area (Å²) in [5.74, 6) is 0. The van der Waals surface area contributed by atoms with Gasteiger partial charge in [0.2, 0.25) is 0 Å². The molecule has 1 heterocycles. The van der Waals surface area contributed by atoms with E-state index in [1.807, 2.05) is 37.4 Å². The zero-order chi connectivity index (χ0) is 12.7. The number of anilines is 1. The summed E-state index contributed by atoms with van der Waals surface area (Å²) in [6, 6.07) is 9.73. The lowest BCUT2D eigenvalue weighted by Crippen LogP contribution is -1.92. The van der Waals surface area contributed by atoms with Gasteiger partial charge in [-0.3, -0.25) is 4.98 Å². The van der Waals surface area contributed by atoms with E-state index in [0.29, 0.717) is 0 Å². The van der Waals surface area contributed by atoms with Crippen molar-refractivity contribution in [2.24, 2.45) is 0 Å². The summed E-state index contributed by atoms with van der Waals surface area (Å²) < 4.78 is 0. The molecule has 0 radical (unpaired) electrons. The third-order valence-corrected chi connectivity index (χ3v) is 2.58. The number of halogens is 3. The van der Waals surface area contributed by atoms with E-state index in [1.165, 1.54) is 0 Å². The molecule has 2 rings (SSSR count). The molecule has 0 aliphatic heterocycles. The van der Waals surface area contributed by atoms with Crippen molar-refractivity contribution >= 4 is 54.5 Å². The van der Waals surface area contributed by atoms with Crippen molar-refractivity contribution < 1.29 is 0 Å². The molecule has 0 spiro atoms. The molecule has 1 aromatic carbocycles. The lowest BCUT2D eigenvalue weighted by atomic mass is 10.1. The van der Waals surface area contributed by atoms with Gasteiger partial charge in [0.05, 0.1) is 11.9 Å². The Morgan fingerprint density at radius 2 is 1.82 bits per heavy atom. The minimum atomic E-state index is 0.750. The van der Waals surface area contributed by atoms with Gasteiger partial charge < -0.3 is 5.32 Å². The zero-order valence-corrected chi connectivity index (χ0v) is 14.2. The molecule has 0 saturated carbocycles. The van der Waals surface area contributed by atoms with Crippen molar-refractivity contribution in [2.45, 2.75) is 0 Å². The molecule has 0 aliphatic rings. The van der Waals surface area contributed by atoms with Gasteiger partial charge in [-0.1, -0.05) is 29.8 Å². The third kappa shape index (κ3) is 3.96. The van der Waals surface area contributed by atoms with Crippen LogP contribution in [0.5, 0.6) is 0 Å². The van der Waals surface area contributed by atoms with E-state index in [0.717, 1.165) is 21.8 Å². The first-order valence-electron chi connectivity index (χ1n) is 4.84. The molecule has 0 saturated heterocycles. The second-order valence-electron chi connectivity index (χ2n) is 3.15. The van der Waals surface area contributed by atoms with E-state index >= 15 is 0 Å². The largest absolute Gasteiger partial charge is 0.386 e. The van der Waals surface area contributed by atoms with Crippen molar-refractivity contribution in [3.05, 3.63) is 47.7 Å². The van der Waals surface area contributed by atoms with Crippen molar-refractivity contribution in [3.8, 4) is 11.1 Å². The molecule has 0 bridgehead atoms. The molecule has 17 heavy (non-hydrogen) atoms. The molecule has 0 fully saturated rings. The number of hydrogen-bond acceptors (Lipinski definition) is 2. The van der Waals surface area contributed by atoms with Crippen molar-refractivity contribution in [2.75, 3.05) is 12.4 Å². The molecule has 1 aromatic heterocycles. The van der Waals surface area contributed by atoms with E-state index in [1.54, 1.807) is 12.4 Å². The van der Waals surface area contributed by atoms with E-state index in [9.17, 15) is 0 Å². The van der Waals surface area contributed by atoms with Crippen LogP contribution in [0.15, 0.2) is 42.7 Å². The molecule has 0 aliphatic carbocycles. The van der Waals surface area contributed by atoms with E-state index in [2.05, 4.69) is 47.5 Å². The molecule has 90 valence electrons. The highest BCUT2D eigenvalue weighted by atomic mass is 128. The van der Waals surface area contributed by atoms with Crippen molar-refractivity contribution in [1.82, 2.24) is 4.98 Å². The minimum absolute atomic E-state index is 0.750. The Labute approximate surface area is 129 Å². The Morgan fingerprint density at radius 1 is 1.12 bits per heavy atom. The number of hydrogen-bond donors (Lipinski definition) is 1. The number of nitrogens with zero attached hydrogens (tertiary/aromatic N) is 1. The van der Waals surface area contributed by atoms with Crippen molar-refractivity contribution in [3.63, 3.8) is 0 Å². The standard InChI is InChI=1S/C12H11ClN2.I2/c1-14-12-8-15-7-6-10(12)9-4-2-3-5-11(9)13;1-2/h2-8,14H,1H3;. The minimum Gasteiger partial charge on any atom is -0.386 e. The van der Waals surface area contributed by atoms with Gasteiger partial charge >= 0.3 is 0 Å². The fourth-order valence-electron chi connectivity index (χ4n) is 1.51. The van der Waals surface area contributed by atoms with Crippen LogP contribution in [0.2, 0.25) is 5.02 Å². The highest BCUT2D eigenvalue weighted by Crippen LogP contribution is 2.32. The first kappa shape index (κ1) is 15.0. The molecule has 1 N–H and O–H groups in total. The lowest BCUT2D eigenvalue weighted by Gasteiger charge is -2.09. The Bertz CT molecular complexity index is 478. The Hall–Kier alpha value is -0.0800. The van der Waals surface area contributed by atoms with Gasteiger partial charge in [0.25, 0.3) is 0 Å². The molecule has 0 amide bonds. The van der Waals surface area contributed by atoms with Gasteiger partial charge in [0, 0.05) is 66.6 Å². The Kier molecular flexibility index (Phi) is 7.14. The summed E-state index contributed by atoms with van der Waals surface area (Å²) in [7, 11) is 1.87. The maximum atomic E-state index is 6.14. The van der Waals surface area contributed by atoms with Crippen LogP contribution >= 0.6 is 48.8 Å². The molecule has 2 aromatic rings. The van der Waals surface area contributed by atoms with E-state index in [-0.39, 0.29) is 0 Å². The first-order valence-corrected chi connectivity index (χ1v) is 11.5. The molecule has 2 nitrogen and oxygen atoms in total. The van der Waals surface area contributed by atoms with Gasteiger partial charge in [-0.25, -0.2) is 0 Å². The Morgan fingerprint density at radius 3 is 2.47 bits per heavy atom. The quantitative estimate of drug-likeness (QED) is 0.607. The number of pyridine rings is 1. The van der Waals surface area contributed by atoms with E-state index < -0.39 is 0 Å². The maximum Gasteiger partial charge on any atom is 0.0604 e. The predicted molar refractivity (Wildman–Crippen MR) is 92.3 cm³/mol. The van der Waals surface area contributed by atoms with Gasteiger partial charge in [-0.15, -0.1) is 0 Å². The summed E-state index contributed by atoms with van der Waals surface area (Å²) in [6.07, 6.45) is 3.55. The molecular weight excluding hydrogens is 461 g/mol. The summed E-state index contributed by atoms with van der Waals surface area (Å²) >= 11 is 10.4. The van der Waals surface area contributed by atoms with Crippen molar-refractivity contribution in [1.29, 1.82) is 0 Å². The average molecular weight is 472 g/mol. The summed E-state index contributed by atoms with van der Waals surface area (Å²) in [4.78, 5) is 4.07. The molecule has 5 heteroatoms. The van der Waals surface area contributed by atoms with Gasteiger partial charge in [-0.05, 0) is 12.1 Å². The highest BCUT2D eigenvalue weighted by molar-refractivity contribution is 15.0. The van der Waals surface area contributed by atoms with Gasteiger partial charge in [-0.2, -0.15) is 0 Å². The summed E-state index contributed by atoms with van der Waals surface area (Å²) in [5, 5.41) is 3.85. The molecule has 0 atom stereocenters. The number of benzene rings is 1. The third-order valence-electron chi connectivity index (χ3n) is 2.25. The number of aromatic nitrogens is 1. The Balaban J connectivity index is 0.000000686. The fourth-order valence-corrected chi connectivity index (χ4v) is 1.75. The SMILES string of the molecule is CNc1cnccc1-c1ccccc1Cl.II. The topological polar surface area (TPSA) is 24.9 Å². The van der Waals surface area contributed by atoms with Crippen LogP contribution in [-0.4, -0.2) is 12.0 Å². The van der Waals surface area contributed by atoms with Crippen LogP contribution in [0.25, 0.3) is 11.1 Å². The van der Waals surface area contributed by atoms with E-state index in [4.69, 9.17) is 11.6 Å². The maximum absolute atomic E-state index is 6.14. The number of nitrogens with one attached hydrogen (secondary N) is 1. The molecule has 0 unspecified atom stereocenters. The van der Waals surface area contributed by atoms with Crippen LogP contribution in [0.1, 0.15) is 0 Å². The highest BCUT2D eigenvalue weighted by Gasteiger charge is 2.06. The zero-order valence-electron chi connectivity index (χ0n) is 9.12. The summed E-state index contributed by atoms with van der Waals surface area (Å²) in [5.41, 5.74) is 3.06. The fraction of sp³-hybridized carbons (Fsp3) is 0.0833. The molecular formula is C12H11ClI2N2. The first-order chi connectivity index (χ1) is 8.33. The second kappa shape index (κ2) is 8.10. The monoisotopic (exact) mass is 472 g/mol. The average Bonchev–Trinajstić information content (AvgIpc) is 2.41. The van der Waals surface area contributed by atoms with Crippen LogP contribution in [0.3, 0.4) is 0 Å². The van der Waals surface area contributed by atoms with Crippen LogP contribution < -0.4 is 5.32 Å². The smallest absolute Gasteiger partial charge is 0.0604 e. The normalized spacial score (nSPS) is 9.18. The predicted octanol–water partition coefficient (Wildman–Crippen LogP) is 5.22. The summed E-state index contributed by atoms with van der Waals surface area (Å²) in [6.45, 7) is 0. The van der Waals surface area contributed by atoms with Crippen LogP contribution in [-0.2, 0) is 0 Å². The number of rotatable bonds is 2. The van der Waals surface area contributed by atoms with Crippen LogP contribution in [0, 0.1) is 0 Å². The van der Waals surface area contributed by atoms with Gasteiger partial charge in [0.1, 0.15) is 0 Å².